The summed E-state index contributed by atoms with van der Waals surface area (Å²) in [4.78, 5) is 7.95. The zero-order chi connectivity index (χ0) is 20.5. The molecule has 1 N–H and O–H groups in total. The zero-order valence-electron chi connectivity index (χ0n) is 17.0. The van der Waals surface area contributed by atoms with Gasteiger partial charge in [0.25, 0.3) is 0 Å². The summed E-state index contributed by atoms with van der Waals surface area (Å²) in [6.45, 7) is 5.73. The molecular weight excluding hydrogens is 364 g/mol. The van der Waals surface area contributed by atoms with Crippen LogP contribution in [0.15, 0.2) is 72.4 Å². The molecule has 0 aliphatic carbocycles. The lowest BCUT2D eigenvalue weighted by atomic mass is 10.0. The van der Waals surface area contributed by atoms with Crippen LogP contribution >= 0.6 is 0 Å². The molecule has 0 fully saturated rings. The van der Waals surface area contributed by atoms with Crippen molar-refractivity contribution in [2.24, 2.45) is 5.16 Å². The second kappa shape index (κ2) is 10.8. The van der Waals surface area contributed by atoms with Crippen LogP contribution in [0.2, 0.25) is 0 Å². The Labute approximate surface area is 173 Å². The third kappa shape index (κ3) is 6.44. The first-order chi connectivity index (χ1) is 14.2. The maximum atomic E-state index is 10.4. The van der Waals surface area contributed by atoms with Gasteiger partial charge in [-0.05, 0) is 36.1 Å². The number of ether oxygens (including phenoxy) is 1. The van der Waals surface area contributed by atoms with Crippen LogP contribution in [0.1, 0.15) is 30.4 Å². The van der Waals surface area contributed by atoms with Crippen molar-refractivity contribution in [3.8, 4) is 5.75 Å². The highest BCUT2D eigenvalue weighted by Crippen LogP contribution is 2.20. The van der Waals surface area contributed by atoms with Gasteiger partial charge >= 0.3 is 0 Å². The van der Waals surface area contributed by atoms with Gasteiger partial charge in [-0.15, -0.1) is 6.58 Å². The number of nitrogens with zero attached hydrogens (tertiary/aromatic N) is 2. The van der Waals surface area contributed by atoms with Gasteiger partial charge in [-0.1, -0.05) is 53.7 Å². The van der Waals surface area contributed by atoms with Crippen LogP contribution in [-0.4, -0.2) is 48.1 Å². The Balaban J connectivity index is 1.64. The molecule has 3 rings (SSSR count). The topological polar surface area (TPSA) is 54.3 Å². The molecular formula is C24H30N2O3. The largest absolute Gasteiger partial charge is 0.497 e. The van der Waals surface area contributed by atoms with Gasteiger partial charge in [0.1, 0.15) is 11.9 Å². The maximum absolute atomic E-state index is 10.4. The summed E-state index contributed by atoms with van der Waals surface area (Å²) in [7, 11) is 1.67. The minimum Gasteiger partial charge on any atom is -0.497 e. The van der Waals surface area contributed by atoms with Crippen molar-refractivity contribution in [2.45, 2.75) is 38.0 Å². The van der Waals surface area contributed by atoms with Crippen LogP contribution in [0.5, 0.6) is 5.75 Å². The maximum Gasteiger partial charge on any atom is 0.145 e. The molecule has 5 heteroatoms. The number of rotatable bonds is 11. The first kappa shape index (κ1) is 21.1. The summed E-state index contributed by atoms with van der Waals surface area (Å²) in [5, 5.41) is 14.7. The Kier molecular flexibility index (Phi) is 7.85. The quantitative estimate of drug-likeness (QED) is 0.585. The van der Waals surface area contributed by atoms with Gasteiger partial charge in [0.15, 0.2) is 0 Å². The Bertz CT molecular complexity index is 807. The first-order valence-electron chi connectivity index (χ1n) is 10.1. The lowest BCUT2D eigenvalue weighted by Gasteiger charge is -2.27. The first-order valence-corrected chi connectivity index (χ1v) is 10.1. The fourth-order valence-corrected chi connectivity index (χ4v) is 3.55. The van der Waals surface area contributed by atoms with E-state index < -0.39 is 6.10 Å². The fraction of sp³-hybridized carbons (Fsp3) is 0.375. The van der Waals surface area contributed by atoms with E-state index in [-0.39, 0.29) is 6.10 Å². The number of benzene rings is 2. The molecule has 5 nitrogen and oxygen atoms in total. The molecule has 2 atom stereocenters. The molecule has 29 heavy (non-hydrogen) atoms. The highest BCUT2D eigenvalue weighted by Gasteiger charge is 2.25. The number of hydrogen-bond donors (Lipinski definition) is 1. The summed E-state index contributed by atoms with van der Waals surface area (Å²) >= 11 is 0. The monoisotopic (exact) mass is 394 g/mol. The molecule has 0 saturated heterocycles. The van der Waals surface area contributed by atoms with Crippen molar-refractivity contribution in [1.82, 2.24) is 4.90 Å². The molecule has 2 aromatic carbocycles. The Hall–Kier alpha value is -2.63. The number of oxime groups is 1. The number of hydrogen-bond acceptors (Lipinski definition) is 5. The molecule has 1 aliphatic rings. The van der Waals surface area contributed by atoms with E-state index in [0.717, 1.165) is 35.4 Å². The normalized spacial score (nSPS) is 16.9. The molecule has 154 valence electrons. The molecule has 1 heterocycles. The van der Waals surface area contributed by atoms with Crippen molar-refractivity contribution in [3.05, 3.63) is 78.4 Å². The van der Waals surface area contributed by atoms with E-state index >= 15 is 0 Å². The predicted octanol–water partition coefficient (Wildman–Crippen LogP) is 4.02. The van der Waals surface area contributed by atoms with E-state index in [1.807, 2.05) is 42.5 Å². The van der Waals surface area contributed by atoms with Gasteiger partial charge in [0.2, 0.25) is 0 Å². The smallest absolute Gasteiger partial charge is 0.145 e. The average Bonchev–Trinajstić information content (AvgIpc) is 3.21. The third-order valence-electron chi connectivity index (χ3n) is 5.02. The van der Waals surface area contributed by atoms with Gasteiger partial charge in [-0.2, -0.15) is 0 Å². The predicted molar refractivity (Wildman–Crippen MR) is 116 cm³/mol. The molecule has 0 amide bonds. The molecule has 2 aromatic rings. The van der Waals surface area contributed by atoms with E-state index in [9.17, 15) is 5.11 Å². The molecule has 0 bridgehead atoms. The van der Waals surface area contributed by atoms with Crippen LogP contribution in [0, 0.1) is 0 Å². The van der Waals surface area contributed by atoms with Crippen molar-refractivity contribution in [3.63, 3.8) is 0 Å². The van der Waals surface area contributed by atoms with Crippen molar-refractivity contribution < 1.29 is 14.7 Å². The Morgan fingerprint density at radius 3 is 2.86 bits per heavy atom. The lowest BCUT2D eigenvalue weighted by Crippen LogP contribution is -2.37. The van der Waals surface area contributed by atoms with Gasteiger partial charge in [-0.25, -0.2) is 0 Å². The van der Waals surface area contributed by atoms with Gasteiger partial charge < -0.3 is 14.7 Å². The van der Waals surface area contributed by atoms with Crippen molar-refractivity contribution >= 4 is 5.71 Å². The number of allylic oxidation sites excluding steroid dienone is 1. The second-order valence-electron chi connectivity index (χ2n) is 7.40. The molecule has 0 unspecified atom stereocenters. The summed E-state index contributed by atoms with van der Waals surface area (Å²) < 4.78 is 5.35. The highest BCUT2D eigenvalue weighted by molar-refractivity contribution is 6.01. The van der Waals surface area contributed by atoms with Crippen LogP contribution in [0.4, 0.5) is 0 Å². The van der Waals surface area contributed by atoms with Crippen LogP contribution in [0.3, 0.4) is 0 Å². The standard InChI is InChI=1S/C24H30N2O3/c1-3-4-12-21(27)17-26(16-19-9-8-13-22(14-19)28-2)18-23-15-24(25-29-23)20-10-6-5-7-11-20/h3,5-11,13-14,21,23,27H,1,4,12,15-18H2,2H3/t21-,23+/m0/s1. The number of aliphatic hydroxyl groups is 1. The number of aliphatic hydroxyl groups excluding tert-OH is 1. The zero-order valence-corrected chi connectivity index (χ0v) is 17.0. The summed E-state index contributed by atoms with van der Waals surface area (Å²) in [6.07, 6.45) is 3.68. The van der Waals surface area contributed by atoms with Gasteiger partial charge in [-0.3, -0.25) is 4.90 Å². The molecule has 0 saturated carbocycles. The molecule has 1 aliphatic heterocycles. The van der Waals surface area contributed by atoms with Crippen LogP contribution in [0.25, 0.3) is 0 Å². The van der Waals surface area contributed by atoms with E-state index in [4.69, 9.17) is 9.57 Å². The van der Waals surface area contributed by atoms with E-state index in [1.54, 1.807) is 7.11 Å². The van der Waals surface area contributed by atoms with E-state index in [2.05, 4.69) is 34.8 Å². The summed E-state index contributed by atoms with van der Waals surface area (Å²) in [5.41, 5.74) is 3.21. The molecule has 0 spiro atoms. The van der Waals surface area contributed by atoms with Gasteiger partial charge in [0.05, 0.1) is 18.9 Å². The lowest BCUT2D eigenvalue weighted by molar-refractivity contribution is 0.0308. The SMILES string of the molecule is C=CCC[C@H](O)CN(Cc1cccc(OC)c1)C[C@H]1CC(c2ccccc2)=NO1. The Morgan fingerprint density at radius 1 is 1.28 bits per heavy atom. The number of methoxy groups -OCH3 is 1. The van der Waals surface area contributed by atoms with E-state index in [0.29, 0.717) is 26.1 Å². The minimum atomic E-state index is -0.408. The fourth-order valence-electron chi connectivity index (χ4n) is 3.55. The Morgan fingerprint density at radius 2 is 2.10 bits per heavy atom. The third-order valence-corrected chi connectivity index (χ3v) is 5.02. The van der Waals surface area contributed by atoms with Crippen LogP contribution < -0.4 is 4.74 Å². The summed E-state index contributed by atoms with van der Waals surface area (Å²) in [6, 6.07) is 18.2. The van der Waals surface area contributed by atoms with Crippen molar-refractivity contribution in [2.75, 3.05) is 20.2 Å². The highest BCUT2D eigenvalue weighted by atomic mass is 16.6. The molecule has 0 aromatic heterocycles. The minimum absolute atomic E-state index is 0.0255. The average molecular weight is 395 g/mol. The van der Waals surface area contributed by atoms with E-state index in [1.165, 1.54) is 0 Å². The summed E-state index contributed by atoms with van der Waals surface area (Å²) in [5.74, 6) is 0.835. The molecule has 0 radical (unpaired) electrons. The van der Waals surface area contributed by atoms with Crippen molar-refractivity contribution in [1.29, 1.82) is 0 Å². The van der Waals surface area contributed by atoms with Gasteiger partial charge in [0, 0.05) is 26.1 Å². The second-order valence-corrected chi connectivity index (χ2v) is 7.40. The van der Waals surface area contributed by atoms with Crippen LogP contribution in [-0.2, 0) is 11.4 Å².